The van der Waals surface area contributed by atoms with Gasteiger partial charge in [0.15, 0.2) is 0 Å². The van der Waals surface area contributed by atoms with E-state index in [0.717, 1.165) is 0 Å². The highest BCUT2D eigenvalue weighted by Crippen LogP contribution is 2.27. The number of carbonyl (C=O) groups is 1. The molecule has 0 saturated heterocycles. The first kappa shape index (κ1) is 13.9. The zero-order valence-electron chi connectivity index (χ0n) is 10.4. The van der Waals surface area contributed by atoms with Crippen LogP contribution in [0.3, 0.4) is 0 Å². The highest BCUT2D eigenvalue weighted by molar-refractivity contribution is 6.32. The minimum absolute atomic E-state index is 0.124. The fourth-order valence-electron chi connectivity index (χ4n) is 1.62. The van der Waals surface area contributed by atoms with Crippen LogP contribution in [0.2, 0.25) is 5.15 Å². The first-order valence-electron chi connectivity index (χ1n) is 5.49. The summed E-state index contributed by atoms with van der Waals surface area (Å²) in [5.41, 5.74) is -0.115. The molecule has 0 aromatic carbocycles. The van der Waals surface area contributed by atoms with Gasteiger partial charge in [-0.15, -0.1) is 0 Å². The third kappa shape index (κ3) is 2.57. The summed E-state index contributed by atoms with van der Waals surface area (Å²) in [5.74, 6) is -0.561. The third-order valence-corrected chi connectivity index (χ3v) is 2.91. The van der Waals surface area contributed by atoms with Gasteiger partial charge in [0.05, 0.1) is 16.8 Å². The van der Waals surface area contributed by atoms with E-state index in [4.69, 9.17) is 11.6 Å². The number of rotatable bonds is 3. The maximum atomic E-state index is 12.3. The third-order valence-electron chi connectivity index (χ3n) is 2.63. The van der Waals surface area contributed by atoms with E-state index in [1.807, 2.05) is 0 Å². The van der Waals surface area contributed by atoms with E-state index < -0.39 is 16.5 Å². The zero-order valence-corrected chi connectivity index (χ0v) is 11.1. The smallest absolute Gasteiger partial charge is 0.310 e. The molecule has 2 heterocycles. The van der Waals surface area contributed by atoms with Gasteiger partial charge in [-0.1, -0.05) is 11.6 Å². The van der Waals surface area contributed by atoms with Crippen LogP contribution in [0.25, 0.3) is 0 Å². The predicted octanol–water partition coefficient (Wildman–Crippen LogP) is 2.31. The monoisotopic (exact) mass is 292 g/mol. The van der Waals surface area contributed by atoms with Gasteiger partial charge in [0, 0.05) is 19.4 Å². The highest BCUT2D eigenvalue weighted by atomic mass is 35.5. The second kappa shape index (κ2) is 5.62. The number of hydrogen-bond donors (Lipinski definition) is 0. The van der Waals surface area contributed by atoms with Crippen molar-refractivity contribution in [1.82, 2.24) is 9.97 Å². The van der Waals surface area contributed by atoms with Crippen LogP contribution in [0.4, 0.5) is 11.4 Å². The molecule has 2 rings (SSSR count). The summed E-state index contributed by atoms with van der Waals surface area (Å²) in [5, 5.41) is 10.7. The van der Waals surface area contributed by atoms with E-state index in [-0.39, 0.29) is 10.7 Å². The Bertz CT molecular complexity index is 663. The molecule has 0 N–H and O–H groups in total. The van der Waals surface area contributed by atoms with Crippen LogP contribution in [-0.4, -0.2) is 27.8 Å². The maximum absolute atomic E-state index is 12.3. The second-order valence-corrected chi connectivity index (χ2v) is 4.19. The van der Waals surface area contributed by atoms with Crippen molar-refractivity contribution in [3.63, 3.8) is 0 Å². The quantitative estimate of drug-likeness (QED) is 0.492. The Morgan fingerprint density at radius 3 is 2.75 bits per heavy atom. The van der Waals surface area contributed by atoms with Crippen molar-refractivity contribution in [2.24, 2.45) is 0 Å². The summed E-state index contributed by atoms with van der Waals surface area (Å²) in [4.78, 5) is 31.4. The highest BCUT2D eigenvalue weighted by Gasteiger charge is 2.27. The number of nitro groups is 1. The summed E-state index contributed by atoms with van der Waals surface area (Å²) in [7, 11) is 1.50. The Labute approximate surface area is 119 Å². The zero-order chi connectivity index (χ0) is 14.7. The molecular weight excluding hydrogens is 284 g/mol. The van der Waals surface area contributed by atoms with E-state index in [1.54, 1.807) is 18.3 Å². The van der Waals surface area contributed by atoms with Crippen molar-refractivity contribution in [3.05, 3.63) is 57.6 Å². The summed E-state index contributed by atoms with van der Waals surface area (Å²) in [6, 6.07) is 4.59. The molecule has 0 fully saturated rings. The molecular formula is C12H9ClN4O3. The fraction of sp³-hybridized carbons (Fsp3) is 0.0833. The molecule has 1 amide bonds. The molecule has 0 aliphatic heterocycles. The van der Waals surface area contributed by atoms with Gasteiger partial charge >= 0.3 is 5.69 Å². The Kier molecular flexibility index (Phi) is 3.90. The summed E-state index contributed by atoms with van der Waals surface area (Å²) in [6.07, 6.45) is 4.29. The molecule has 0 aliphatic rings. The Hall–Kier alpha value is -2.54. The summed E-state index contributed by atoms with van der Waals surface area (Å²) in [6.45, 7) is 0. The van der Waals surface area contributed by atoms with Crippen molar-refractivity contribution in [2.75, 3.05) is 11.9 Å². The normalized spacial score (nSPS) is 10.1. The number of anilines is 1. The van der Waals surface area contributed by atoms with Gasteiger partial charge in [-0.05, 0) is 18.2 Å². The lowest BCUT2D eigenvalue weighted by Crippen LogP contribution is -2.27. The van der Waals surface area contributed by atoms with Gasteiger partial charge in [0.2, 0.25) is 5.15 Å². The second-order valence-electron chi connectivity index (χ2n) is 3.83. The standard InChI is InChI=1S/C12H9ClN4O3/c1-16(8-3-2-5-14-7-8)12(18)9-4-6-15-11(13)10(9)17(19)20/h2-7H,1H3. The van der Waals surface area contributed by atoms with Crippen LogP contribution in [0.1, 0.15) is 10.4 Å². The first-order valence-corrected chi connectivity index (χ1v) is 5.87. The van der Waals surface area contributed by atoms with Gasteiger partial charge in [-0.2, -0.15) is 0 Å². The van der Waals surface area contributed by atoms with Crippen LogP contribution in [0.15, 0.2) is 36.8 Å². The van der Waals surface area contributed by atoms with Crippen LogP contribution < -0.4 is 4.90 Å². The van der Waals surface area contributed by atoms with E-state index >= 15 is 0 Å². The molecule has 8 heteroatoms. The van der Waals surface area contributed by atoms with Crippen molar-refractivity contribution >= 4 is 28.9 Å². The van der Waals surface area contributed by atoms with Crippen molar-refractivity contribution < 1.29 is 9.72 Å². The molecule has 0 aliphatic carbocycles. The van der Waals surface area contributed by atoms with E-state index in [2.05, 4.69) is 9.97 Å². The lowest BCUT2D eigenvalue weighted by Gasteiger charge is -2.16. The number of pyridine rings is 2. The van der Waals surface area contributed by atoms with Crippen LogP contribution >= 0.6 is 11.6 Å². The van der Waals surface area contributed by atoms with Crippen LogP contribution in [0, 0.1) is 10.1 Å². The van der Waals surface area contributed by atoms with Crippen molar-refractivity contribution in [1.29, 1.82) is 0 Å². The SMILES string of the molecule is CN(C(=O)c1ccnc(Cl)c1[N+](=O)[O-])c1cccnc1. The van der Waals surface area contributed by atoms with E-state index in [9.17, 15) is 14.9 Å². The Morgan fingerprint density at radius 2 is 2.15 bits per heavy atom. The minimum atomic E-state index is -0.723. The van der Waals surface area contributed by atoms with Crippen molar-refractivity contribution in [3.8, 4) is 0 Å². The van der Waals surface area contributed by atoms with Crippen LogP contribution in [0.5, 0.6) is 0 Å². The molecule has 2 aromatic heterocycles. The number of carbonyl (C=O) groups excluding carboxylic acids is 1. The molecule has 0 atom stereocenters. The largest absolute Gasteiger partial charge is 0.319 e. The molecule has 0 bridgehead atoms. The lowest BCUT2D eigenvalue weighted by atomic mass is 10.2. The summed E-state index contributed by atoms with van der Waals surface area (Å²) < 4.78 is 0. The van der Waals surface area contributed by atoms with Crippen LogP contribution in [-0.2, 0) is 0 Å². The Morgan fingerprint density at radius 1 is 1.40 bits per heavy atom. The number of nitrogens with zero attached hydrogens (tertiary/aromatic N) is 4. The lowest BCUT2D eigenvalue weighted by molar-refractivity contribution is -0.385. The van der Waals surface area contributed by atoms with Gasteiger partial charge in [-0.3, -0.25) is 19.9 Å². The molecule has 7 nitrogen and oxygen atoms in total. The number of amides is 1. The first-order chi connectivity index (χ1) is 9.52. The van der Waals surface area contributed by atoms with Gasteiger partial charge in [0.1, 0.15) is 5.56 Å². The molecule has 0 saturated carbocycles. The van der Waals surface area contributed by atoms with Gasteiger partial charge in [0.25, 0.3) is 5.91 Å². The molecule has 2 aromatic rings. The molecule has 20 heavy (non-hydrogen) atoms. The maximum Gasteiger partial charge on any atom is 0.319 e. The number of hydrogen-bond acceptors (Lipinski definition) is 5. The average molecular weight is 293 g/mol. The predicted molar refractivity (Wildman–Crippen MR) is 72.9 cm³/mol. The molecule has 0 spiro atoms. The average Bonchev–Trinajstić information content (AvgIpc) is 2.46. The topological polar surface area (TPSA) is 89.2 Å². The Balaban J connectivity index is 2.44. The van der Waals surface area contributed by atoms with Crippen molar-refractivity contribution in [2.45, 2.75) is 0 Å². The summed E-state index contributed by atoms with van der Waals surface area (Å²) >= 11 is 5.68. The number of aromatic nitrogens is 2. The molecule has 0 unspecified atom stereocenters. The minimum Gasteiger partial charge on any atom is -0.310 e. The van der Waals surface area contributed by atoms with Gasteiger partial charge < -0.3 is 4.90 Å². The fourth-order valence-corrected chi connectivity index (χ4v) is 1.85. The molecule has 0 radical (unpaired) electrons. The van der Waals surface area contributed by atoms with E-state index in [1.165, 1.54) is 30.4 Å². The van der Waals surface area contributed by atoms with Gasteiger partial charge in [-0.25, -0.2) is 4.98 Å². The van der Waals surface area contributed by atoms with E-state index in [0.29, 0.717) is 5.69 Å². The number of halogens is 1. The molecule has 102 valence electrons.